The largest absolute Gasteiger partial charge is 0.487 e. The fraction of sp³-hybridized carbons (Fsp3) is 0.400. The van der Waals surface area contributed by atoms with E-state index >= 15 is 0 Å². The highest BCUT2D eigenvalue weighted by Gasteiger charge is 2.12. The molecule has 2 rings (SSSR count). The van der Waals surface area contributed by atoms with Crippen LogP contribution in [0.1, 0.15) is 30.6 Å². The van der Waals surface area contributed by atoms with Gasteiger partial charge in [-0.3, -0.25) is 4.68 Å². The number of hydrogen-bond acceptors (Lipinski definition) is 3. The van der Waals surface area contributed by atoms with E-state index in [1.54, 1.807) is 4.68 Å². The van der Waals surface area contributed by atoms with E-state index in [1.165, 1.54) is 5.56 Å². The molecule has 0 aliphatic carbocycles. The molecule has 1 heterocycles. The molecule has 0 saturated carbocycles. The number of nitrogens with one attached hydrogen (secondary N) is 1. The van der Waals surface area contributed by atoms with Gasteiger partial charge in [0.25, 0.3) is 0 Å². The first kappa shape index (κ1) is 13.6. The first-order valence-corrected chi connectivity index (χ1v) is 6.62. The first-order chi connectivity index (χ1) is 9.24. The van der Waals surface area contributed by atoms with Crippen molar-refractivity contribution in [3.05, 3.63) is 47.8 Å². The number of nitrogens with zero attached hydrogens (tertiary/aromatic N) is 2. The number of aromatic nitrogens is 2. The maximum atomic E-state index is 5.91. The summed E-state index contributed by atoms with van der Waals surface area (Å²) in [6.07, 6.45) is 2.95. The fourth-order valence-corrected chi connectivity index (χ4v) is 2.17. The Morgan fingerprint density at radius 3 is 2.74 bits per heavy atom. The molecule has 0 fully saturated rings. The minimum atomic E-state index is 0.319. The lowest BCUT2D eigenvalue weighted by Gasteiger charge is -2.18. The summed E-state index contributed by atoms with van der Waals surface area (Å²) in [5.41, 5.74) is 2.14. The molecule has 0 saturated heterocycles. The molecular formula is C15H21N3O. The van der Waals surface area contributed by atoms with Crippen LogP contribution in [-0.4, -0.2) is 16.8 Å². The smallest absolute Gasteiger partial charge is 0.132 e. The van der Waals surface area contributed by atoms with Crippen molar-refractivity contribution in [2.24, 2.45) is 7.05 Å². The molecule has 0 aliphatic rings. The average molecular weight is 259 g/mol. The van der Waals surface area contributed by atoms with Gasteiger partial charge in [-0.05, 0) is 25.6 Å². The molecular weight excluding hydrogens is 238 g/mol. The normalized spacial score (nSPS) is 12.4. The van der Waals surface area contributed by atoms with Crippen molar-refractivity contribution in [2.75, 3.05) is 7.05 Å². The van der Waals surface area contributed by atoms with Crippen LogP contribution >= 0.6 is 0 Å². The number of hydrogen-bond donors (Lipinski definition) is 1. The summed E-state index contributed by atoms with van der Waals surface area (Å²) in [6.45, 7) is 2.66. The van der Waals surface area contributed by atoms with E-state index in [9.17, 15) is 0 Å². The van der Waals surface area contributed by atoms with E-state index in [0.717, 1.165) is 17.9 Å². The standard InChI is InChI=1S/C15H21N3O/c1-4-14(16-2)13-7-5-6-8-15(13)19-11-12-9-10-18(3)17-12/h5-10,14,16H,4,11H2,1-3H3. The predicted octanol–water partition coefficient (Wildman–Crippen LogP) is 2.67. The van der Waals surface area contributed by atoms with Gasteiger partial charge in [0.2, 0.25) is 0 Å². The van der Waals surface area contributed by atoms with Gasteiger partial charge in [-0.25, -0.2) is 0 Å². The minimum absolute atomic E-state index is 0.319. The van der Waals surface area contributed by atoms with Gasteiger partial charge in [-0.1, -0.05) is 25.1 Å². The Bertz CT molecular complexity index is 518. The van der Waals surface area contributed by atoms with E-state index in [0.29, 0.717) is 12.6 Å². The third-order valence-corrected chi connectivity index (χ3v) is 3.20. The second-order valence-corrected chi connectivity index (χ2v) is 4.56. The van der Waals surface area contributed by atoms with Crippen LogP contribution in [0.5, 0.6) is 5.75 Å². The first-order valence-electron chi connectivity index (χ1n) is 6.62. The third kappa shape index (κ3) is 3.35. The molecule has 4 nitrogen and oxygen atoms in total. The molecule has 19 heavy (non-hydrogen) atoms. The third-order valence-electron chi connectivity index (χ3n) is 3.20. The van der Waals surface area contributed by atoms with Crippen LogP contribution in [0.4, 0.5) is 0 Å². The quantitative estimate of drug-likeness (QED) is 0.867. The number of para-hydroxylation sites is 1. The van der Waals surface area contributed by atoms with E-state index < -0.39 is 0 Å². The van der Waals surface area contributed by atoms with Crippen LogP contribution in [-0.2, 0) is 13.7 Å². The van der Waals surface area contributed by atoms with Crippen molar-refractivity contribution < 1.29 is 4.74 Å². The van der Waals surface area contributed by atoms with Gasteiger partial charge in [-0.15, -0.1) is 0 Å². The van der Waals surface area contributed by atoms with Crippen LogP contribution in [0.15, 0.2) is 36.5 Å². The molecule has 0 radical (unpaired) electrons. The Morgan fingerprint density at radius 1 is 1.32 bits per heavy atom. The van der Waals surface area contributed by atoms with Crippen molar-refractivity contribution in [3.8, 4) is 5.75 Å². The van der Waals surface area contributed by atoms with Crippen LogP contribution in [0.25, 0.3) is 0 Å². The molecule has 1 N–H and O–H groups in total. The van der Waals surface area contributed by atoms with Crippen molar-refractivity contribution in [2.45, 2.75) is 26.0 Å². The number of aryl methyl sites for hydroxylation is 1. The Hall–Kier alpha value is -1.81. The zero-order valence-electron chi connectivity index (χ0n) is 11.8. The lowest BCUT2D eigenvalue weighted by atomic mass is 10.0. The summed E-state index contributed by atoms with van der Waals surface area (Å²) in [5.74, 6) is 0.925. The number of ether oxygens (including phenoxy) is 1. The maximum Gasteiger partial charge on any atom is 0.132 e. The molecule has 0 bridgehead atoms. The predicted molar refractivity (Wildman–Crippen MR) is 76.1 cm³/mol. The maximum absolute atomic E-state index is 5.91. The van der Waals surface area contributed by atoms with Gasteiger partial charge in [0.15, 0.2) is 0 Å². The van der Waals surface area contributed by atoms with Crippen LogP contribution in [0.3, 0.4) is 0 Å². The molecule has 0 aliphatic heterocycles. The Balaban J connectivity index is 2.11. The molecule has 0 amide bonds. The van der Waals surface area contributed by atoms with E-state index in [2.05, 4.69) is 23.4 Å². The monoisotopic (exact) mass is 259 g/mol. The van der Waals surface area contributed by atoms with E-state index in [-0.39, 0.29) is 0 Å². The molecule has 4 heteroatoms. The minimum Gasteiger partial charge on any atom is -0.487 e. The fourth-order valence-electron chi connectivity index (χ4n) is 2.17. The van der Waals surface area contributed by atoms with Crippen molar-refractivity contribution >= 4 is 0 Å². The SMILES string of the molecule is CCC(NC)c1ccccc1OCc1ccn(C)n1. The molecule has 1 unspecified atom stereocenters. The Labute approximate surface area is 114 Å². The van der Waals surface area contributed by atoms with Crippen LogP contribution in [0, 0.1) is 0 Å². The molecule has 2 aromatic rings. The molecule has 1 aromatic carbocycles. The van der Waals surface area contributed by atoms with Crippen LogP contribution in [0.2, 0.25) is 0 Å². The lowest BCUT2D eigenvalue weighted by Crippen LogP contribution is -2.16. The summed E-state index contributed by atoms with van der Waals surface area (Å²) < 4.78 is 7.69. The highest BCUT2D eigenvalue weighted by atomic mass is 16.5. The van der Waals surface area contributed by atoms with Crippen LogP contribution < -0.4 is 10.1 Å². The molecule has 0 spiro atoms. The highest BCUT2D eigenvalue weighted by Crippen LogP contribution is 2.27. The Morgan fingerprint density at radius 2 is 2.11 bits per heavy atom. The second-order valence-electron chi connectivity index (χ2n) is 4.56. The van der Waals surface area contributed by atoms with Gasteiger partial charge < -0.3 is 10.1 Å². The molecule has 1 atom stereocenters. The average Bonchev–Trinajstić information content (AvgIpc) is 2.85. The lowest BCUT2D eigenvalue weighted by molar-refractivity contribution is 0.293. The second kappa shape index (κ2) is 6.38. The summed E-state index contributed by atoms with van der Waals surface area (Å²) in [5, 5.41) is 7.63. The topological polar surface area (TPSA) is 39.1 Å². The molecule has 102 valence electrons. The van der Waals surface area contributed by atoms with Gasteiger partial charge in [0.1, 0.15) is 12.4 Å². The zero-order chi connectivity index (χ0) is 13.7. The van der Waals surface area contributed by atoms with Gasteiger partial charge in [0.05, 0.1) is 5.69 Å². The van der Waals surface area contributed by atoms with Gasteiger partial charge in [0, 0.05) is 24.8 Å². The van der Waals surface area contributed by atoms with Crippen molar-refractivity contribution in [1.29, 1.82) is 0 Å². The van der Waals surface area contributed by atoms with E-state index in [4.69, 9.17) is 4.74 Å². The zero-order valence-corrected chi connectivity index (χ0v) is 11.8. The molecule has 1 aromatic heterocycles. The summed E-state index contributed by atoms with van der Waals surface area (Å²) >= 11 is 0. The van der Waals surface area contributed by atoms with Crippen molar-refractivity contribution in [3.63, 3.8) is 0 Å². The van der Waals surface area contributed by atoms with Gasteiger partial charge in [-0.2, -0.15) is 5.10 Å². The highest BCUT2D eigenvalue weighted by molar-refractivity contribution is 5.36. The van der Waals surface area contributed by atoms with E-state index in [1.807, 2.05) is 44.6 Å². The number of rotatable bonds is 6. The summed E-state index contributed by atoms with van der Waals surface area (Å²) in [4.78, 5) is 0. The van der Waals surface area contributed by atoms with Gasteiger partial charge >= 0.3 is 0 Å². The summed E-state index contributed by atoms with van der Waals surface area (Å²) in [7, 11) is 3.88. The number of benzene rings is 1. The Kier molecular flexibility index (Phi) is 4.58. The summed E-state index contributed by atoms with van der Waals surface area (Å²) in [6, 6.07) is 10.5. The van der Waals surface area contributed by atoms with Crippen molar-refractivity contribution in [1.82, 2.24) is 15.1 Å².